The summed E-state index contributed by atoms with van der Waals surface area (Å²) < 4.78 is 0. The molecular weight excluding hydrogens is 294 g/mol. The molecule has 2 aromatic heterocycles. The lowest BCUT2D eigenvalue weighted by atomic mass is 10.2. The lowest BCUT2D eigenvalue weighted by Gasteiger charge is -2.04. The molecular formula is C16H15N5O2. The van der Waals surface area contributed by atoms with Gasteiger partial charge in [0.15, 0.2) is 0 Å². The maximum absolute atomic E-state index is 10.8. The summed E-state index contributed by atoms with van der Waals surface area (Å²) in [6, 6.07) is 11.6. The van der Waals surface area contributed by atoms with Crippen molar-refractivity contribution in [1.82, 2.24) is 15.0 Å². The molecule has 7 nitrogen and oxygen atoms in total. The van der Waals surface area contributed by atoms with Crippen molar-refractivity contribution in [3.05, 3.63) is 70.3 Å². The fraction of sp³-hybridized carbons (Fsp3) is 0.125. The van der Waals surface area contributed by atoms with Gasteiger partial charge in [0.25, 0.3) is 5.69 Å². The molecule has 0 spiro atoms. The van der Waals surface area contributed by atoms with E-state index in [1.54, 1.807) is 19.2 Å². The summed E-state index contributed by atoms with van der Waals surface area (Å²) >= 11 is 0. The number of aromatic nitrogens is 3. The van der Waals surface area contributed by atoms with E-state index in [9.17, 15) is 10.1 Å². The van der Waals surface area contributed by atoms with E-state index in [1.165, 1.54) is 6.20 Å². The number of hydrogen-bond acceptors (Lipinski definition) is 5. The highest BCUT2D eigenvalue weighted by Crippen LogP contribution is 2.20. The van der Waals surface area contributed by atoms with Gasteiger partial charge >= 0.3 is 0 Å². The van der Waals surface area contributed by atoms with Gasteiger partial charge in [-0.1, -0.05) is 30.3 Å². The predicted octanol–water partition coefficient (Wildman–Crippen LogP) is 3.30. The molecule has 0 bridgehead atoms. The van der Waals surface area contributed by atoms with Crippen LogP contribution in [0.4, 0.5) is 11.5 Å². The van der Waals surface area contributed by atoms with Crippen molar-refractivity contribution in [3.8, 4) is 11.3 Å². The Morgan fingerprint density at radius 2 is 2.00 bits per heavy atom. The zero-order valence-electron chi connectivity index (χ0n) is 12.5. The van der Waals surface area contributed by atoms with Gasteiger partial charge in [-0.2, -0.15) is 0 Å². The first-order chi connectivity index (χ1) is 11.1. The highest BCUT2D eigenvalue weighted by Gasteiger charge is 2.11. The Morgan fingerprint density at radius 3 is 2.70 bits per heavy atom. The second-order valence-corrected chi connectivity index (χ2v) is 5.08. The Morgan fingerprint density at radius 1 is 1.22 bits per heavy atom. The van der Waals surface area contributed by atoms with Gasteiger partial charge in [0.05, 0.1) is 23.4 Å². The molecule has 1 aromatic carbocycles. The van der Waals surface area contributed by atoms with Crippen LogP contribution in [-0.4, -0.2) is 19.9 Å². The highest BCUT2D eigenvalue weighted by atomic mass is 16.6. The lowest BCUT2D eigenvalue weighted by Crippen LogP contribution is -2.04. The van der Waals surface area contributed by atoms with Crippen LogP contribution in [0.3, 0.4) is 0 Å². The van der Waals surface area contributed by atoms with E-state index in [-0.39, 0.29) is 5.69 Å². The van der Waals surface area contributed by atoms with Gasteiger partial charge in [0, 0.05) is 5.56 Å². The van der Waals surface area contributed by atoms with Crippen LogP contribution in [0.2, 0.25) is 0 Å². The van der Waals surface area contributed by atoms with Crippen molar-refractivity contribution in [2.45, 2.75) is 13.5 Å². The van der Waals surface area contributed by atoms with Gasteiger partial charge in [0.2, 0.25) is 0 Å². The molecule has 0 unspecified atom stereocenters. The van der Waals surface area contributed by atoms with Crippen LogP contribution in [0.25, 0.3) is 11.3 Å². The van der Waals surface area contributed by atoms with Crippen molar-refractivity contribution in [2.24, 2.45) is 0 Å². The Bertz CT molecular complexity index is 829. The average molecular weight is 309 g/mol. The van der Waals surface area contributed by atoms with Crippen molar-refractivity contribution >= 4 is 11.5 Å². The first-order valence-electron chi connectivity index (χ1n) is 7.07. The first-order valence-corrected chi connectivity index (χ1v) is 7.07. The van der Waals surface area contributed by atoms with Gasteiger partial charge < -0.3 is 10.3 Å². The number of pyridine rings is 1. The third-order valence-corrected chi connectivity index (χ3v) is 3.43. The minimum Gasteiger partial charge on any atom is -0.363 e. The van der Waals surface area contributed by atoms with Crippen molar-refractivity contribution in [2.75, 3.05) is 5.32 Å². The number of nitro groups is 1. The molecule has 3 aromatic rings. The maximum Gasteiger partial charge on any atom is 0.290 e. The molecule has 0 aliphatic rings. The number of benzene rings is 1. The number of aryl methyl sites for hydroxylation is 1. The summed E-state index contributed by atoms with van der Waals surface area (Å²) in [6.45, 7) is 2.14. The molecule has 3 rings (SSSR count). The normalized spacial score (nSPS) is 10.5. The summed E-state index contributed by atoms with van der Waals surface area (Å²) in [7, 11) is 0. The summed E-state index contributed by atoms with van der Waals surface area (Å²) in [5.41, 5.74) is 2.59. The molecule has 2 N–H and O–H groups in total. The number of anilines is 1. The van der Waals surface area contributed by atoms with Gasteiger partial charge in [-0.05, 0) is 18.6 Å². The zero-order valence-corrected chi connectivity index (χ0v) is 12.5. The summed E-state index contributed by atoms with van der Waals surface area (Å²) in [6.07, 6.45) is 3.04. The van der Waals surface area contributed by atoms with Crippen LogP contribution in [0.5, 0.6) is 0 Å². The molecule has 0 aliphatic carbocycles. The molecule has 0 radical (unpaired) electrons. The third-order valence-electron chi connectivity index (χ3n) is 3.43. The minimum atomic E-state index is -0.440. The number of nitrogens with zero attached hydrogens (tertiary/aromatic N) is 3. The molecule has 2 heterocycles. The van der Waals surface area contributed by atoms with Crippen molar-refractivity contribution < 1.29 is 4.92 Å². The Labute approximate surface area is 132 Å². The van der Waals surface area contributed by atoms with Crippen LogP contribution < -0.4 is 5.32 Å². The van der Waals surface area contributed by atoms with Gasteiger partial charge in [0.1, 0.15) is 17.8 Å². The molecule has 0 amide bonds. The summed E-state index contributed by atoms with van der Waals surface area (Å²) in [4.78, 5) is 21.9. The van der Waals surface area contributed by atoms with E-state index >= 15 is 0 Å². The standard InChI is InChI=1S/C16H15N5O2/c1-11-7-15(18-9-14(11)21(22)23)19-10-16-17-8-13(20-16)12-5-3-2-4-6-12/h2-9H,10H2,1H3,(H,17,20)(H,18,19). The summed E-state index contributed by atoms with van der Waals surface area (Å²) in [5.74, 6) is 1.34. The fourth-order valence-corrected chi connectivity index (χ4v) is 2.23. The molecule has 0 saturated carbocycles. The quantitative estimate of drug-likeness (QED) is 0.556. The van der Waals surface area contributed by atoms with Crippen molar-refractivity contribution in [1.29, 1.82) is 0 Å². The Kier molecular flexibility index (Phi) is 4.01. The van der Waals surface area contributed by atoms with E-state index < -0.39 is 4.92 Å². The Hall–Kier alpha value is -3.22. The minimum absolute atomic E-state index is 0.0138. The van der Waals surface area contributed by atoms with Crippen molar-refractivity contribution in [3.63, 3.8) is 0 Å². The average Bonchev–Trinajstić information content (AvgIpc) is 3.02. The predicted molar refractivity (Wildman–Crippen MR) is 87.0 cm³/mol. The fourth-order valence-electron chi connectivity index (χ4n) is 2.23. The topological polar surface area (TPSA) is 96.7 Å². The van der Waals surface area contributed by atoms with Gasteiger partial charge in [-0.25, -0.2) is 9.97 Å². The number of rotatable bonds is 5. The molecule has 7 heteroatoms. The lowest BCUT2D eigenvalue weighted by molar-refractivity contribution is -0.385. The number of aromatic amines is 1. The van der Waals surface area contributed by atoms with E-state index in [1.807, 2.05) is 30.3 Å². The van der Waals surface area contributed by atoms with Crippen LogP contribution in [0.15, 0.2) is 48.8 Å². The van der Waals surface area contributed by atoms with Gasteiger partial charge in [-0.15, -0.1) is 0 Å². The highest BCUT2D eigenvalue weighted by molar-refractivity contribution is 5.58. The van der Waals surface area contributed by atoms with Crippen LogP contribution >= 0.6 is 0 Å². The van der Waals surface area contributed by atoms with Gasteiger partial charge in [-0.3, -0.25) is 10.1 Å². The largest absolute Gasteiger partial charge is 0.363 e. The third kappa shape index (κ3) is 3.34. The number of nitrogens with one attached hydrogen (secondary N) is 2. The molecule has 0 aliphatic heterocycles. The second-order valence-electron chi connectivity index (χ2n) is 5.08. The monoisotopic (exact) mass is 309 g/mol. The first kappa shape index (κ1) is 14.7. The van der Waals surface area contributed by atoms with E-state index in [0.717, 1.165) is 17.1 Å². The van der Waals surface area contributed by atoms with Crippen LogP contribution in [0, 0.1) is 17.0 Å². The molecule has 23 heavy (non-hydrogen) atoms. The van der Waals surface area contributed by atoms with E-state index in [0.29, 0.717) is 17.9 Å². The summed E-state index contributed by atoms with van der Waals surface area (Å²) in [5, 5.41) is 13.9. The smallest absolute Gasteiger partial charge is 0.290 e. The molecule has 0 saturated heterocycles. The van der Waals surface area contributed by atoms with E-state index in [2.05, 4.69) is 20.3 Å². The van der Waals surface area contributed by atoms with E-state index in [4.69, 9.17) is 0 Å². The molecule has 0 fully saturated rings. The molecule has 0 atom stereocenters. The second kappa shape index (κ2) is 6.27. The SMILES string of the molecule is Cc1cc(NCc2ncc(-c3ccccc3)[nH]2)ncc1[N+](=O)[O-]. The number of hydrogen-bond donors (Lipinski definition) is 2. The zero-order chi connectivity index (χ0) is 16.2. The number of imidazole rings is 1. The van der Waals surface area contributed by atoms with Crippen LogP contribution in [-0.2, 0) is 6.54 Å². The Balaban J connectivity index is 1.68. The number of H-pyrrole nitrogens is 1. The van der Waals surface area contributed by atoms with Crippen LogP contribution in [0.1, 0.15) is 11.4 Å². The molecule has 116 valence electrons. The maximum atomic E-state index is 10.8.